The molecule has 1 fully saturated rings. The first-order chi connectivity index (χ1) is 10.7. The number of nitrogens with one attached hydrogen (secondary N) is 1. The van der Waals surface area contributed by atoms with Crippen molar-refractivity contribution < 1.29 is 0 Å². The molecule has 0 amide bonds. The van der Waals surface area contributed by atoms with E-state index in [0.29, 0.717) is 4.75 Å². The lowest BCUT2D eigenvalue weighted by Gasteiger charge is -2.16. The van der Waals surface area contributed by atoms with Crippen molar-refractivity contribution in [3.63, 3.8) is 0 Å². The van der Waals surface area contributed by atoms with Crippen molar-refractivity contribution in [1.29, 1.82) is 0 Å². The van der Waals surface area contributed by atoms with Crippen LogP contribution in [-0.2, 0) is 0 Å². The van der Waals surface area contributed by atoms with Crippen LogP contribution in [0.2, 0.25) is 0 Å². The van der Waals surface area contributed by atoms with Crippen molar-refractivity contribution in [2.75, 3.05) is 11.9 Å². The molecule has 22 heavy (non-hydrogen) atoms. The molecule has 5 nitrogen and oxygen atoms in total. The molecule has 3 aromatic rings. The number of benzene rings is 1. The lowest BCUT2D eigenvalue weighted by atomic mass is 10.4. The van der Waals surface area contributed by atoms with Crippen molar-refractivity contribution in [1.82, 2.24) is 19.8 Å². The molecule has 0 unspecified atom stereocenters. The normalized spacial score (nSPS) is 15.9. The quantitative estimate of drug-likeness (QED) is 0.784. The Kier molecular flexibility index (Phi) is 3.26. The summed E-state index contributed by atoms with van der Waals surface area (Å²) >= 11 is 1.96. The van der Waals surface area contributed by atoms with E-state index in [-0.39, 0.29) is 0 Å². The number of nitrogens with zero attached hydrogens (tertiary/aromatic N) is 4. The largest absolute Gasteiger partial charge is 0.367 e. The maximum atomic E-state index is 4.54. The number of hydrogen-bond donors (Lipinski definition) is 1. The Balaban J connectivity index is 1.46. The first kappa shape index (κ1) is 13.6. The average molecular weight is 311 g/mol. The summed E-state index contributed by atoms with van der Waals surface area (Å²) in [5.74, 6) is 1.67. The summed E-state index contributed by atoms with van der Waals surface area (Å²) in [4.78, 5) is 1.33. The van der Waals surface area contributed by atoms with Gasteiger partial charge < -0.3 is 5.32 Å². The zero-order valence-corrected chi connectivity index (χ0v) is 13.2. The van der Waals surface area contributed by atoms with Gasteiger partial charge in [0.2, 0.25) is 0 Å². The summed E-state index contributed by atoms with van der Waals surface area (Å²) in [6, 6.07) is 14.5. The van der Waals surface area contributed by atoms with Gasteiger partial charge >= 0.3 is 0 Å². The van der Waals surface area contributed by atoms with Gasteiger partial charge in [0.25, 0.3) is 0 Å². The van der Waals surface area contributed by atoms with E-state index in [4.69, 9.17) is 0 Å². The zero-order chi connectivity index (χ0) is 15.0. The number of aryl methyl sites for hydroxylation is 1. The summed E-state index contributed by atoms with van der Waals surface area (Å²) < 4.78 is 2.08. The fourth-order valence-electron chi connectivity index (χ4n) is 2.43. The standard InChI is InChI=1S/C16H17N5S/c1-12-18-19-15-8-7-14(20-21(12)15)17-11-16(9-10-16)22-13-5-3-2-4-6-13/h2-8H,9-11H2,1H3,(H,17,20). The third-order valence-corrected chi connectivity index (χ3v) is 5.39. The van der Waals surface area contributed by atoms with E-state index >= 15 is 0 Å². The first-order valence-corrected chi connectivity index (χ1v) is 8.23. The molecule has 0 atom stereocenters. The molecule has 1 N–H and O–H groups in total. The van der Waals surface area contributed by atoms with Gasteiger partial charge in [-0.25, -0.2) is 0 Å². The van der Waals surface area contributed by atoms with Gasteiger partial charge in [0.05, 0.1) is 0 Å². The molecule has 2 heterocycles. The highest BCUT2D eigenvalue weighted by molar-refractivity contribution is 8.01. The molecule has 6 heteroatoms. The minimum absolute atomic E-state index is 0.306. The highest BCUT2D eigenvalue weighted by Crippen LogP contribution is 2.51. The molecule has 1 aromatic carbocycles. The molecule has 1 saturated carbocycles. The highest BCUT2D eigenvalue weighted by atomic mass is 32.2. The summed E-state index contributed by atoms with van der Waals surface area (Å²) in [6.45, 7) is 2.83. The van der Waals surface area contributed by atoms with Crippen molar-refractivity contribution in [2.24, 2.45) is 0 Å². The molecule has 4 rings (SSSR count). The van der Waals surface area contributed by atoms with Crippen LogP contribution < -0.4 is 5.32 Å². The lowest BCUT2D eigenvalue weighted by molar-refractivity contribution is 0.859. The van der Waals surface area contributed by atoms with Gasteiger partial charge in [0, 0.05) is 16.2 Å². The van der Waals surface area contributed by atoms with Gasteiger partial charge in [0.1, 0.15) is 5.82 Å². The molecule has 112 valence electrons. The summed E-state index contributed by atoms with van der Waals surface area (Å²) in [7, 11) is 0. The predicted molar refractivity (Wildman–Crippen MR) is 88.3 cm³/mol. The predicted octanol–water partition coefficient (Wildman–Crippen LogP) is 3.17. The van der Waals surface area contributed by atoms with Crippen LogP contribution in [0, 0.1) is 6.92 Å². The molecular weight excluding hydrogens is 294 g/mol. The second kappa shape index (κ2) is 5.28. The van der Waals surface area contributed by atoms with Crippen molar-refractivity contribution in [3.05, 3.63) is 48.3 Å². The molecule has 2 aromatic heterocycles. The van der Waals surface area contributed by atoms with Crippen LogP contribution in [0.3, 0.4) is 0 Å². The third-order valence-electron chi connectivity index (χ3n) is 3.90. The summed E-state index contributed by atoms with van der Waals surface area (Å²) in [5, 5.41) is 16.1. The van der Waals surface area contributed by atoms with E-state index in [2.05, 4.69) is 50.9 Å². The molecule has 1 aliphatic carbocycles. The lowest BCUT2D eigenvalue weighted by Crippen LogP contribution is -2.19. The van der Waals surface area contributed by atoms with Crippen molar-refractivity contribution in [2.45, 2.75) is 29.4 Å². The van der Waals surface area contributed by atoms with E-state index in [1.54, 1.807) is 4.52 Å². The van der Waals surface area contributed by atoms with Crippen LogP contribution in [0.25, 0.3) is 5.65 Å². The van der Waals surface area contributed by atoms with E-state index < -0.39 is 0 Å². The molecule has 0 aliphatic heterocycles. The molecular formula is C16H17N5S. The molecule has 0 radical (unpaired) electrons. The van der Waals surface area contributed by atoms with E-state index in [1.807, 2.05) is 30.8 Å². The van der Waals surface area contributed by atoms with Crippen LogP contribution in [-0.4, -0.2) is 31.1 Å². The fraction of sp³-hybridized carbons (Fsp3) is 0.312. The maximum Gasteiger partial charge on any atom is 0.178 e. The number of aromatic nitrogens is 4. The Bertz CT molecular complexity index is 795. The van der Waals surface area contributed by atoms with Crippen LogP contribution in [0.5, 0.6) is 0 Å². The van der Waals surface area contributed by atoms with E-state index in [9.17, 15) is 0 Å². The minimum atomic E-state index is 0.306. The van der Waals surface area contributed by atoms with Crippen LogP contribution in [0.1, 0.15) is 18.7 Å². The highest BCUT2D eigenvalue weighted by Gasteiger charge is 2.43. The Morgan fingerprint density at radius 1 is 1.14 bits per heavy atom. The fourth-order valence-corrected chi connectivity index (χ4v) is 3.68. The molecule has 0 saturated heterocycles. The minimum Gasteiger partial charge on any atom is -0.367 e. The van der Waals surface area contributed by atoms with Gasteiger partial charge in [0.15, 0.2) is 11.5 Å². The van der Waals surface area contributed by atoms with Crippen LogP contribution in [0.15, 0.2) is 47.4 Å². The van der Waals surface area contributed by atoms with Gasteiger partial charge in [-0.3, -0.25) is 0 Å². The van der Waals surface area contributed by atoms with Crippen molar-refractivity contribution >= 4 is 23.2 Å². The monoisotopic (exact) mass is 311 g/mol. The van der Waals surface area contributed by atoms with Crippen molar-refractivity contribution in [3.8, 4) is 0 Å². The molecule has 0 spiro atoms. The van der Waals surface area contributed by atoms with Gasteiger partial charge in [-0.1, -0.05) is 18.2 Å². The number of anilines is 1. The number of fused-ring (bicyclic) bond motifs is 1. The average Bonchev–Trinajstić information content (AvgIpc) is 3.22. The Morgan fingerprint density at radius 2 is 1.95 bits per heavy atom. The second-order valence-corrected chi connectivity index (χ2v) is 7.23. The summed E-state index contributed by atoms with van der Waals surface area (Å²) in [6.07, 6.45) is 2.49. The number of rotatable bonds is 5. The van der Waals surface area contributed by atoms with Gasteiger partial charge in [-0.15, -0.1) is 27.1 Å². The topological polar surface area (TPSA) is 55.1 Å². The Labute approximate surface area is 133 Å². The maximum absolute atomic E-state index is 4.54. The molecule has 1 aliphatic rings. The van der Waals surface area contributed by atoms with Gasteiger partial charge in [-0.2, -0.15) is 4.52 Å². The molecule has 0 bridgehead atoms. The Morgan fingerprint density at radius 3 is 2.73 bits per heavy atom. The third kappa shape index (κ3) is 2.66. The first-order valence-electron chi connectivity index (χ1n) is 7.41. The van der Waals surface area contributed by atoms with E-state index in [1.165, 1.54) is 17.7 Å². The van der Waals surface area contributed by atoms with Crippen LogP contribution >= 0.6 is 11.8 Å². The van der Waals surface area contributed by atoms with E-state index in [0.717, 1.165) is 23.8 Å². The van der Waals surface area contributed by atoms with Crippen LogP contribution in [0.4, 0.5) is 5.82 Å². The Hall–Kier alpha value is -2.08. The number of hydrogen-bond acceptors (Lipinski definition) is 5. The summed E-state index contributed by atoms with van der Waals surface area (Å²) in [5.41, 5.74) is 0.780. The second-order valence-electron chi connectivity index (χ2n) is 5.69. The zero-order valence-electron chi connectivity index (χ0n) is 12.4. The number of thioether (sulfide) groups is 1. The smallest absolute Gasteiger partial charge is 0.178 e. The SMILES string of the molecule is Cc1nnc2ccc(NCC3(Sc4ccccc4)CC3)nn12. The van der Waals surface area contributed by atoms with Gasteiger partial charge in [-0.05, 0) is 44.0 Å².